The number of hydrogen-bond acceptors (Lipinski definition) is 6. The summed E-state index contributed by atoms with van der Waals surface area (Å²) in [6.07, 6.45) is 0.209. The molecule has 0 radical (unpaired) electrons. The standard InChI is InChI=1S/C15H18N2O3S/c1-4-20-14(18)9-11-10-21-15(16-11)17(2)12-5-7-13(19-3)8-6-12/h5-8,10H,4,9H2,1-3H3. The Hall–Kier alpha value is -2.08. The number of nitrogens with zero attached hydrogens (tertiary/aromatic N) is 2. The third-order valence-corrected chi connectivity index (χ3v) is 3.88. The Morgan fingerprint density at radius 3 is 2.67 bits per heavy atom. The molecule has 0 amide bonds. The van der Waals surface area contributed by atoms with Crippen LogP contribution in [0.25, 0.3) is 0 Å². The van der Waals surface area contributed by atoms with Gasteiger partial charge in [0.1, 0.15) is 5.75 Å². The number of thiazole rings is 1. The summed E-state index contributed by atoms with van der Waals surface area (Å²) >= 11 is 1.50. The third kappa shape index (κ3) is 3.95. The number of anilines is 2. The molecule has 2 aromatic rings. The predicted molar refractivity (Wildman–Crippen MR) is 83.5 cm³/mol. The van der Waals surface area contributed by atoms with Crippen molar-refractivity contribution >= 4 is 28.1 Å². The number of aromatic nitrogens is 1. The number of hydrogen-bond donors (Lipinski definition) is 0. The molecular weight excluding hydrogens is 288 g/mol. The Kier molecular flexibility index (Phi) is 5.16. The van der Waals surface area contributed by atoms with Crippen LogP contribution in [0.15, 0.2) is 29.6 Å². The highest BCUT2D eigenvalue weighted by Crippen LogP contribution is 2.28. The summed E-state index contributed by atoms with van der Waals surface area (Å²) < 4.78 is 10.1. The van der Waals surface area contributed by atoms with E-state index in [1.54, 1.807) is 14.0 Å². The van der Waals surface area contributed by atoms with E-state index >= 15 is 0 Å². The fourth-order valence-electron chi connectivity index (χ4n) is 1.81. The summed E-state index contributed by atoms with van der Waals surface area (Å²) in [6.45, 7) is 2.18. The lowest BCUT2D eigenvalue weighted by Crippen LogP contribution is -2.10. The van der Waals surface area contributed by atoms with Crippen molar-refractivity contribution < 1.29 is 14.3 Å². The average Bonchev–Trinajstić information content (AvgIpc) is 2.95. The molecule has 5 nitrogen and oxygen atoms in total. The summed E-state index contributed by atoms with van der Waals surface area (Å²) in [5.41, 5.74) is 1.74. The van der Waals surface area contributed by atoms with Gasteiger partial charge in [-0.25, -0.2) is 4.98 Å². The lowest BCUT2D eigenvalue weighted by Gasteiger charge is -2.16. The Bertz CT molecular complexity index is 595. The highest BCUT2D eigenvalue weighted by atomic mass is 32.1. The first-order chi connectivity index (χ1) is 10.1. The minimum absolute atomic E-state index is 0.209. The molecule has 1 aromatic carbocycles. The molecule has 2 rings (SSSR count). The van der Waals surface area contributed by atoms with E-state index in [1.807, 2.05) is 41.6 Å². The number of esters is 1. The molecule has 21 heavy (non-hydrogen) atoms. The number of methoxy groups -OCH3 is 1. The summed E-state index contributed by atoms with van der Waals surface area (Å²) in [5, 5.41) is 2.71. The molecule has 0 saturated heterocycles. The first-order valence-electron chi connectivity index (χ1n) is 6.62. The number of rotatable bonds is 6. The molecule has 0 N–H and O–H groups in total. The van der Waals surface area contributed by atoms with Crippen molar-refractivity contribution in [2.45, 2.75) is 13.3 Å². The van der Waals surface area contributed by atoms with Crippen LogP contribution in [0.4, 0.5) is 10.8 Å². The quantitative estimate of drug-likeness (QED) is 0.768. The van der Waals surface area contributed by atoms with E-state index in [0.717, 1.165) is 22.3 Å². The van der Waals surface area contributed by atoms with Crippen LogP contribution in [0.5, 0.6) is 5.75 Å². The topological polar surface area (TPSA) is 51.7 Å². The van der Waals surface area contributed by atoms with Crippen molar-refractivity contribution in [2.75, 3.05) is 25.7 Å². The van der Waals surface area contributed by atoms with Gasteiger partial charge in [0, 0.05) is 18.1 Å². The van der Waals surface area contributed by atoms with Crippen LogP contribution in [0, 0.1) is 0 Å². The molecule has 0 aliphatic rings. The molecule has 1 aromatic heterocycles. The molecule has 0 atom stereocenters. The van der Waals surface area contributed by atoms with Crippen LogP contribution >= 0.6 is 11.3 Å². The molecule has 0 unspecified atom stereocenters. The van der Waals surface area contributed by atoms with Crippen molar-refractivity contribution in [3.05, 3.63) is 35.3 Å². The molecule has 112 valence electrons. The van der Waals surface area contributed by atoms with Gasteiger partial charge < -0.3 is 14.4 Å². The van der Waals surface area contributed by atoms with E-state index < -0.39 is 0 Å². The molecule has 0 bridgehead atoms. The van der Waals surface area contributed by atoms with E-state index in [4.69, 9.17) is 9.47 Å². The number of carbonyl (C=O) groups is 1. The summed E-state index contributed by atoms with van der Waals surface area (Å²) in [5.74, 6) is 0.565. The number of carbonyl (C=O) groups excluding carboxylic acids is 1. The van der Waals surface area contributed by atoms with Crippen molar-refractivity contribution in [1.82, 2.24) is 4.98 Å². The second-order valence-electron chi connectivity index (χ2n) is 4.36. The first-order valence-corrected chi connectivity index (χ1v) is 7.49. The SMILES string of the molecule is CCOC(=O)Cc1csc(N(C)c2ccc(OC)cc2)n1. The van der Waals surface area contributed by atoms with Gasteiger partial charge in [0.05, 0.1) is 25.8 Å². The van der Waals surface area contributed by atoms with Crippen LogP contribution in [0.3, 0.4) is 0 Å². The van der Waals surface area contributed by atoms with E-state index in [2.05, 4.69) is 4.98 Å². The van der Waals surface area contributed by atoms with Gasteiger partial charge in [-0.05, 0) is 31.2 Å². The molecule has 6 heteroatoms. The zero-order valence-corrected chi connectivity index (χ0v) is 13.1. The van der Waals surface area contributed by atoms with Crippen molar-refractivity contribution in [2.24, 2.45) is 0 Å². The normalized spacial score (nSPS) is 10.2. The molecule has 0 fully saturated rings. The third-order valence-electron chi connectivity index (χ3n) is 2.92. The first kappa shape index (κ1) is 15.3. The monoisotopic (exact) mass is 306 g/mol. The van der Waals surface area contributed by atoms with Gasteiger partial charge in [-0.1, -0.05) is 0 Å². The van der Waals surface area contributed by atoms with Gasteiger partial charge in [0.25, 0.3) is 0 Å². The zero-order valence-electron chi connectivity index (χ0n) is 12.3. The smallest absolute Gasteiger partial charge is 0.311 e. The van der Waals surface area contributed by atoms with Gasteiger partial charge in [-0.3, -0.25) is 4.79 Å². The largest absolute Gasteiger partial charge is 0.497 e. The lowest BCUT2D eigenvalue weighted by molar-refractivity contribution is -0.142. The highest BCUT2D eigenvalue weighted by molar-refractivity contribution is 7.13. The fourth-order valence-corrected chi connectivity index (χ4v) is 2.62. The maximum absolute atomic E-state index is 11.4. The number of benzene rings is 1. The Morgan fingerprint density at radius 1 is 1.33 bits per heavy atom. The lowest BCUT2D eigenvalue weighted by atomic mass is 10.3. The summed E-state index contributed by atoms with van der Waals surface area (Å²) in [6, 6.07) is 7.73. The van der Waals surface area contributed by atoms with Gasteiger partial charge in [-0.15, -0.1) is 11.3 Å². The maximum Gasteiger partial charge on any atom is 0.311 e. The molecular formula is C15H18N2O3S. The molecule has 0 aliphatic carbocycles. The van der Waals surface area contributed by atoms with Crippen molar-refractivity contribution in [3.63, 3.8) is 0 Å². The minimum Gasteiger partial charge on any atom is -0.497 e. The second-order valence-corrected chi connectivity index (χ2v) is 5.20. The molecule has 0 saturated carbocycles. The Labute approximate surface area is 128 Å². The molecule has 0 spiro atoms. The Morgan fingerprint density at radius 2 is 2.05 bits per heavy atom. The minimum atomic E-state index is -0.249. The second kappa shape index (κ2) is 7.08. The zero-order chi connectivity index (χ0) is 15.2. The van der Waals surface area contributed by atoms with Crippen LogP contribution < -0.4 is 9.64 Å². The molecule has 1 heterocycles. The van der Waals surface area contributed by atoms with Crippen LogP contribution in [0.1, 0.15) is 12.6 Å². The van der Waals surface area contributed by atoms with E-state index in [0.29, 0.717) is 6.61 Å². The fraction of sp³-hybridized carbons (Fsp3) is 0.333. The highest BCUT2D eigenvalue weighted by Gasteiger charge is 2.12. The van der Waals surface area contributed by atoms with E-state index in [1.165, 1.54) is 11.3 Å². The van der Waals surface area contributed by atoms with E-state index in [-0.39, 0.29) is 12.4 Å². The summed E-state index contributed by atoms with van der Waals surface area (Å²) in [4.78, 5) is 17.9. The van der Waals surface area contributed by atoms with Crippen LogP contribution in [-0.2, 0) is 16.0 Å². The predicted octanol–water partition coefficient (Wildman–Crippen LogP) is 3.03. The maximum atomic E-state index is 11.4. The number of ether oxygens (including phenoxy) is 2. The van der Waals surface area contributed by atoms with Crippen LogP contribution in [0.2, 0.25) is 0 Å². The van der Waals surface area contributed by atoms with Crippen molar-refractivity contribution in [1.29, 1.82) is 0 Å². The summed E-state index contributed by atoms with van der Waals surface area (Å²) in [7, 11) is 3.58. The Balaban J connectivity index is 2.07. The van der Waals surface area contributed by atoms with Crippen LogP contribution in [-0.4, -0.2) is 31.7 Å². The average molecular weight is 306 g/mol. The van der Waals surface area contributed by atoms with Gasteiger partial charge in [0.15, 0.2) is 5.13 Å². The van der Waals surface area contributed by atoms with Gasteiger partial charge in [0.2, 0.25) is 0 Å². The van der Waals surface area contributed by atoms with Gasteiger partial charge >= 0.3 is 5.97 Å². The van der Waals surface area contributed by atoms with E-state index in [9.17, 15) is 4.79 Å². The van der Waals surface area contributed by atoms with Crippen molar-refractivity contribution in [3.8, 4) is 5.75 Å². The molecule has 0 aliphatic heterocycles. The van der Waals surface area contributed by atoms with Gasteiger partial charge in [-0.2, -0.15) is 0 Å².